The van der Waals surface area contributed by atoms with Crippen LogP contribution >= 0.6 is 12.6 Å². The first kappa shape index (κ1) is 10.8. The van der Waals surface area contributed by atoms with E-state index in [9.17, 15) is 13.2 Å². The molecule has 4 nitrogen and oxygen atoms in total. The molecule has 0 unspecified atom stereocenters. The largest absolute Gasteiger partial charge is 0.345 e. The maximum Gasteiger partial charge on any atom is 0.331 e. The highest BCUT2D eigenvalue weighted by molar-refractivity contribution is 7.87. The molecule has 0 fully saturated rings. The molecule has 0 saturated heterocycles. The lowest BCUT2D eigenvalue weighted by Crippen LogP contribution is -2.16. The minimum absolute atomic E-state index is 0.132. The molecule has 0 radical (unpaired) electrons. The van der Waals surface area contributed by atoms with Crippen LogP contribution in [0.5, 0.6) is 0 Å². The third-order valence-corrected chi connectivity index (χ3v) is 2.41. The zero-order chi connectivity index (χ0) is 8.91. The van der Waals surface area contributed by atoms with Crippen molar-refractivity contribution in [3.63, 3.8) is 0 Å². The highest BCUT2D eigenvalue weighted by Crippen LogP contribution is 1.97. The van der Waals surface area contributed by atoms with Crippen LogP contribution in [0, 0.1) is 0 Å². The fourth-order valence-corrected chi connectivity index (χ4v) is 1.54. The molecule has 0 rings (SSSR count). The Kier molecular flexibility index (Phi) is 4.51. The molecule has 0 aromatic heterocycles. The number of carbonyl (C=O) groups excluding carboxylic acids is 1. The second-order valence-corrected chi connectivity index (χ2v) is 3.88. The Morgan fingerprint density at radius 1 is 1.55 bits per heavy atom. The van der Waals surface area contributed by atoms with Crippen LogP contribution < -0.4 is 0 Å². The topological polar surface area (TPSA) is 60.4 Å². The number of carbonyl (C=O) groups is 1. The van der Waals surface area contributed by atoms with Gasteiger partial charge < -0.3 is 4.18 Å². The van der Waals surface area contributed by atoms with E-state index in [1.807, 2.05) is 0 Å². The Labute approximate surface area is 71.5 Å². The van der Waals surface area contributed by atoms with E-state index in [-0.39, 0.29) is 11.5 Å². The second kappa shape index (κ2) is 4.61. The van der Waals surface area contributed by atoms with E-state index in [0.29, 0.717) is 6.42 Å². The van der Waals surface area contributed by atoms with Crippen LogP contribution in [0.4, 0.5) is 0 Å². The van der Waals surface area contributed by atoms with Gasteiger partial charge in [0.05, 0.1) is 11.5 Å². The molecule has 6 heteroatoms. The Balaban J connectivity index is 4.03. The van der Waals surface area contributed by atoms with Crippen LogP contribution in [-0.4, -0.2) is 25.9 Å². The van der Waals surface area contributed by atoms with Gasteiger partial charge >= 0.3 is 16.1 Å². The third-order valence-electron chi connectivity index (χ3n) is 0.803. The smallest absolute Gasteiger partial charge is 0.331 e. The number of hydrogen-bond donors (Lipinski definition) is 1. The summed E-state index contributed by atoms with van der Waals surface area (Å²) in [4.78, 5) is 10.4. The van der Waals surface area contributed by atoms with Gasteiger partial charge in [-0.2, -0.15) is 21.0 Å². The minimum Gasteiger partial charge on any atom is -0.345 e. The zero-order valence-corrected chi connectivity index (χ0v) is 7.82. The summed E-state index contributed by atoms with van der Waals surface area (Å²) in [6.07, 6.45) is 0.433. The summed E-state index contributed by atoms with van der Waals surface area (Å²) in [6, 6.07) is 0. The summed E-state index contributed by atoms with van der Waals surface area (Å²) >= 11 is 3.56. The van der Waals surface area contributed by atoms with Gasteiger partial charge in [-0.15, -0.1) is 0 Å². The lowest BCUT2D eigenvalue weighted by atomic mass is 10.6. The van der Waals surface area contributed by atoms with E-state index in [0.717, 1.165) is 0 Å². The first-order valence-corrected chi connectivity index (χ1v) is 5.28. The highest BCUT2D eigenvalue weighted by atomic mass is 32.2. The van der Waals surface area contributed by atoms with Crippen molar-refractivity contribution in [2.24, 2.45) is 0 Å². The summed E-state index contributed by atoms with van der Waals surface area (Å²) in [5.41, 5.74) is 0. The average molecular weight is 198 g/mol. The molecule has 0 heterocycles. The lowest BCUT2D eigenvalue weighted by molar-refractivity contribution is -0.130. The fraction of sp³-hybridized carbons (Fsp3) is 0.800. The van der Waals surface area contributed by atoms with Crippen LogP contribution in [0.2, 0.25) is 0 Å². The van der Waals surface area contributed by atoms with Gasteiger partial charge in [0.25, 0.3) is 0 Å². The van der Waals surface area contributed by atoms with Gasteiger partial charge in [-0.05, 0) is 6.42 Å². The van der Waals surface area contributed by atoms with Crippen molar-refractivity contribution in [1.82, 2.24) is 0 Å². The SMILES string of the molecule is CCCS(=O)(=O)OC(=O)CS. The van der Waals surface area contributed by atoms with Crippen LogP contribution in [0.1, 0.15) is 13.3 Å². The molecule has 0 aromatic carbocycles. The summed E-state index contributed by atoms with van der Waals surface area (Å²) in [6.45, 7) is 1.69. The fourth-order valence-electron chi connectivity index (χ4n) is 0.460. The second-order valence-electron chi connectivity index (χ2n) is 1.88. The first-order valence-electron chi connectivity index (χ1n) is 3.07. The molecule has 11 heavy (non-hydrogen) atoms. The van der Waals surface area contributed by atoms with Crippen molar-refractivity contribution < 1.29 is 17.4 Å². The molecule has 0 N–H and O–H groups in total. The van der Waals surface area contributed by atoms with Gasteiger partial charge in [-0.3, -0.25) is 4.79 Å². The van der Waals surface area contributed by atoms with Gasteiger partial charge in [-0.25, -0.2) is 0 Å². The molecule has 0 bridgehead atoms. The summed E-state index contributed by atoms with van der Waals surface area (Å²) in [5.74, 6) is -1.18. The summed E-state index contributed by atoms with van der Waals surface area (Å²) in [7, 11) is -3.64. The zero-order valence-electron chi connectivity index (χ0n) is 6.11. The first-order chi connectivity index (χ1) is 5.02. The van der Waals surface area contributed by atoms with Gasteiger partial charge in [0, 0.05) is 0 Å². The predicted octanol–water partition coefficient (Wildman–Crippen LogP) is 0.199. The standard InChI is InChI=1S/C5H10O4S2/c1-2-3-11(7,8)9-5(6)4-10/h10H,2-4H2,1H3. The highest BCUT2D eigenvalue weighted by Gasteiger charge is 2.13. The monoisotopic (exact) mass is 198 g/mol. The molecule has 66 valence electrons. The van der Waals surface area contributed by atoms with Crippen LogP contribution in [0.3, 0.4) is 0 Å². The number of rotatable bonds is 4. The molecule has 0 aromatic rings. The van der Waals surface area contributed by atoms with Crippen LogP contribution in [-0.2, 0) is 19.1 Å². The van der Waals surface area contributed by atoms with E-state index < -0.39 is 16.1 Å². The van der Waals surface area contributed by atoms with E-state index in [2.05, 4.69) is 16.8 Å². The molecule has 0 saturated carbocycles. The Bertz CT molecular complexity index is 219. The van der Waals surface area contributed by atoms with Gasteiger partial charge in [0.2, 0.25) is 0 Å². The average Bonchev–Trinajstić information content (AvgIpc) is 1.86. The van der Waals surface area contributed by atoms with E-state index >= 15 is 0 Å². The van der Waals surface area contributed by atoms with Crippen molar-refractivity contribution in [2.75, 3.05) is 11.5 Å². The van der Waals surface area contributed by atoms with Crippen LogP contribution in [0.25, 0.3) is 0 Å². The molecule has 0 spiro atoms. The van der Waals surface area contributed by atoms with E-state index in [4.69, 9.17) is 0 Å². The summed E-state index contributed by atoms with van der Waals surface area (Å²) in [5, 5.41) is 0. The molecule has 0 atom stereocenters. The Morgan fingerprint density at radius 2 is 2.09 bits per heavy atom. The Hall–Kier alpha value is -0.230. The third kappa shape index (κ3) is 5.09. The minimum atomic E-state index is -3.64. The van der Waals surface area contributed by atoms with Crippen LogP contribution in [0.15, 0.2) is 0 Å². The molecule has 0 aliphatic carbocycles. The molecular weight excluding hydrogens is 188 g/mol. The Morgan fingerprint density at radius 3 is 2.45 bits per heavy atom. The van der Waals surface area contributed by atoms with Gasteiger partial charge in [0.1, 0.15) is 0 Å². The number of thiol groups is 1. The maximum absolute atomic E-state index is 10.7. The molecule has 0 amide bonds. The van der Waals surface area contributed by atoms with Crippen molar-refractivity contribution in [3.8, 4) is 0 Å². The number of hydrogen-bond acceptors (Lipinski definition) is 5. The van der Waals surface area contributed by atoms with Gasteiger partial charge in [0.15, 0.2) is 0 Å². The predicted molar refractivity (Wildman–Crippen MR) is 44.0 cm³/mol. The normalized spacial score (nSPS) is 11.1. The molecule has 0 aliphatic rings. The van der Waals surface area contributed by atoms with E-state index in [1.165, 1.54) is 0 Å². The maximum atomic E-state index is 10.7. The van der Waals surface area contributed by atoms with Crippen molar-refractivity contribution in [1.29, 1.82) is 0 Å². The molecular formula is C5H10O4S2. The van der Waals surface area contributed by atoms with Crippen molar-refractivity contribution in [2.45, 2.75) is 13.3 Å². The van der Waals surface area contributed by atoms with Crippen molar-refractivity contribution >= 4 is 28.7 Å². The summed E-state index contributed by atoms with van der Waals surface area (Å²) < 4.78 is 25.5. The van der Waals surface area contributed by atoms with Crippen molar-refractivity contribution in [3.05, 3.63) is 0 Å². The quantitative estimate of drug-likeness (QED) is 0.518. The van der Waals surface area contributed by atoms with E-state index in [1.54, 1.807) is 6.92 Å². The van der Waals surface area contributed by atoms with Gasteiger partial charge in [-0.1, -0.05) is 6.92 Å². The lowest BCUT2D eigenvalue weighted by Gasteiger charge is -2.00. The molecule has 0 aliphatic heterocycles.